The lowest BCUT2D eigenvalue weighted by atomic mass is 9.91. The van der Waals surface area contributed by atoms with Crippen LogP contribution in [0.5, 0.6) is 23.1 Å². The molecule has 0 fully saturated rings. The van der Waals surface area contributed by atoms with Crippen LogP contribution in [0.4, 0.5) is 0 Å². The first-order chi connectivity index (χ1) is 13.5. The van der Waals surface area contributed by atoms with E-state index < -0.39 is 17.1 Å². The van der Waals surface area contributed by atoms with E-state index in [0.29, 0.717) is 23.8 Å². The fraction of sp³-hybridized carbons (Fsp3) is 0.389. The summed E-state index contributed by atoms with van der Waals surface area (Å²) < 4.78 is 16.7. The van der Waals surface area contributed by atoms with Crippen LogP contribution < -0.4 is 35.5 Å². The zero-order valence-electron chi connectivity index (χ0n) is 15.5. The van der Waals surface area contributed by atoms with Gasteiger partial charge < -0.3 is 29.2 Å². The number of rotatable bonds is 4. The summed E-state index contributed by atoms with van der Waals surface area (Å²) in [5.41, 5.74) is 0.302. The Labute approximate surface area is 159 Å². The highest BCUT2D eigenvalue weighted by Crippen LogP contribution is 2.47. The number of H-pyrrole nitrogens is 2. The third kappa shape index (κ3) is 3.01. The van der Waals surface area contributed by atoms with E-state index in [0.717, 1.165) is 24.1 Å². The third-order valence-electron chi connectivity index (χ3n) is 5.13. The highest BCUT2D eigenvalue weighted by atomic mass is 16.7. The molecule has 0 aliphatic carbocycles. The quantitative estimate of drug-likeness (QED) is 0.524. The number of aromatic amines is 2. The topological polar surface area (TPSA) is 133 Å². The van der Waals surface area contributed by atoms with Gasteiger partial charge in [-0.25, -0.2) is 4.79 Å². The van der Waals surface area contributed by atoms with Gasteiger partial charge in [0.15, 0.2) is 11.5 Å². The van der Waals surface area contributed by atoms with Gasteiger partial charge in [-0.2, -0.15) is 0 Å². The number of aliphatic imine (C=N–C) groups is 1. The Bertz CT molecular complexity index is 1060. The van der Waals surface area contributed by atoms with Crippen molar-refractivity contribution < 1.29 is 24.2 Å². The number of quaternary nitrogens is 1. The molecule has 10 nitrogen and oxygen atoms in total. The van der Waals surface area contributed by atoms with Crippen LogP contribution in [0.25, 0.3) is 0 Å². The first-order valence-electron chi connectivity index (χ1n) is 8.84. The highest BCUT2D eigenvalue weighted by molar-refractivity contribution is 5.81. The van der Waals surface area contributed by atoms with E-state index in [1.54, 1.807) is 7.11 Å². The number of ether oxygens (including phenoxy) is 3. The van der Waals surface area contributed by atoms with E-state index in [2.05, 4.69) is 12.0 Å². The van der Waals surface area contributed by atoms with Crippen molar-refractivity contribution >= 4 is 6.21 Å². The van der Waals surface area contributed by atoms with Gasteiger partial charge in [0, 0.05) is 12.6 Å². The van der Waals surface area contributed by atoms with Gasteiger partial charge in [0.1, 0.15) is 6.04 Å². The van der Waals surface area contributed by atoms with Crippen molar-refractivity contribution in [2.75, 3.05) is 34.0 Å². The molecule has 2 aliphatic rings. The van der Waals surface area contributed by atoms with Crippen LogP contribution in [0, 0.1) is 0 Å². The van der Waals surface area contributed by atoms with Crippen molar-refractivity contribution in [3.05, 3.63) is 43.6 Å². The molecule has 2 atom stereocenters. The van der Waals surface area contributed by atoms with Crippen LogP contribution in [0.1, 0.15) is 22.7 Å². The largest absolute Gasteiger partial charge is 0.860 e. The number of hydrogen-bond acceptors (Lipinski definition) is 7. The van der Waals surface area contributed by atoms with Crippen molar-refractivity contribution in [2.45, 2.75) is 12.5 Å². The monoisotopic (exact) mass is 388 g/mol. The molecule has 1 aromatic carbocycles. The maximum atomic E-state index is 11.8. The maximum absolute atomic E-state index is 11.8. The lowest BCUT2D eigenvalue weighted by molar-refractivity contribution is -0.912. The molecule has 0 saturated heterocycles. The molecule has 2 aliphatic heterocycles. The summed E-state index contributed by atoms with van der Waals surface area (Å²) >= 11 is 0. The fourth-order valence-corrected chi connectivity index (χ4v) is 3.71. The second-order valence-electron chi connectivity index (χ2n) is 6.76. The molecule has 1 aromatic heterocycles. The fourth-order valence-electron chi connectivity index (χ4n) is 3.71. The summed E-state index contributed by atoms with van der Waals surface area (Å²) in [5, 5.41) is 11.8. The lowest BCUT2D eigenvalue weighted by Gasteiger charge is -2.32. The predicted molar refractivity (Wildman–Crippen MR) is 96.9 cm³/mol. The minimum absolute atomic E-state index is 0.0543. The van der Waals surface area contributed by atoms with Gasteiger partial charge in [0.2, 0.25) is 12.5 Å². The Hall–Kier alpha value is -3.27. The normalized spacial score (nSPS) is 20.4. The molecule has 0 spiro atoms. The number of likely N-dealkylation sites (N-methyl/N-ethyl adjacent to an activating group) is 1. The van der Waals surface area contributed by atoms with Crippen molar-refractivity contribution in [2.24, 2.45) is 4.99 Å². The van der Waals surface area contributed by atoms with E-state index in [1.165, 1.54) is 11.1 Å². The van der Waals surface area contributed by atoms with Crippen LogP contribution >= 0.6 is 0 Å². The number of fused-ring (bicyclic) bond motifs is 2. The summed E-state index contributed by atoms with van der Waals surface area (Å²) in [4.78, 5) is 32.5. The van der Waals surface area contributed by atoms with Gasteiger partial charge in [-0.1, -0.05) is 0 Å². The second kappa shape index (κ2) is 7.04. The average Bonchev–Trinajstić information content (AvgIpc) is 3.11. The van der Waals surface area contributed by atoms with Gasteiger partial charge in [0.05, 0.1) is 38.4 Å². The number of nitrogens with zero attached hydrogens (tertiary/aromatic N) is 1. The molecule has 4 rings (SSSR count). The molecule has 0 saturated carbocycles. The van der Waals surface area contributed by atoms with Crippen LogP contribution in [-0.4, -0.2) is 50.2 Å². The number of methoxy groups -OCH3 is 1. The van der Waals surface area contributed by atoms with E-state index in [9.17, 15) is 14.7 Å². The number of benzene rings is 1. The molecule has 2 unspecified atom stereocenters. The van der Waals surface area contributed by atoms with E-state index in [-0.39, 0.29) is 18.4 Å². The lowest BCUT2D eigenvalue weighted by Crippen LogP contribution is -3.10. The number of hydrogen-bond donors (Lipinski definition) is 3. The molecule has 3 N–H and O–H groups in total. The van der Waals surface area contributed by atoms with Crippen LogP contribution in [-0.2, 0) is 6.42 Å². The van der Waals surface area contributed by atoms with Crippen LogP contribution in [0.2, 0.25) is 0 Å². The van der Waals surface area contributed by atoms with Gasteiger partial charge in [-0.05, 0) is 17.5 Å². The molecule has 28 heavy (non-hydrogen) atoms. The molecule has 10 heteroatoms. The van der Waals surface area contributed by atoms with Crippen molar-refractivity contribution in [1.82, 2.24) is 9.97 Å². The van der Waals surface area contributed by atoms with Crippen molar-refractivity contribution in [1.29, 1.82) is 0 Å². The summed E-state index contributed by atoms with van der Waals surface area (Å²) in [7, 11) is 3.64. The predicted octanol–water partition coefficient (Wildman–Crippen LogP) is -1.89. The Morgan fingerprint density at radius 2 is 2.21 bits per heavy atom. The Morgan fingerprint density at radius 3 is 2.96 bits per heavy atom. The van der Waals surface area contributed by atoms with Gasteiger partial charge in [-0.3, -0.25) is 14.8 Å². The molecular weight excluding hydrogens is 368 g/mol. The van der Waals surface area contributed by atoms with Crippen LogP contribution in [0.15, 0.2) is 20.6 Å². The smallest absolute Gasteiger partial charge is 0.325 e. The molecule has 0 radical (unpaired) electrons. The van der Waals surface area contributed by atoms with Crippen molar-refractivity contribution in [3.8, 4) is 23.1 Å². The van der Waals surface area contributed by atoms with Crippen LogP contribution in [0.3, 0.4) is 0 Å². The van der Waals surface area contributed by atoms with Gasteiger partial charge in [-0.15, -0.1) is 0 Å². The highest BCUT2D eigenvalue weighted by Gasteiger charge is 2.36. The Kier molecular flexibility index (Phi) is 4.55. The first-order valence-corrected chi connectivity index (χ1v) is 8.84. The zero-order valence-corrected chi connectivity index (χ0v) is 15.5. The minimum Gasteiger partial charge on any atom is -0.860 e. The average molecular weight is 388 g/mol. The Morgan fingerprint density at radius 1 is 1.39 bits per heavy atom. The van der Waals surface area contributed by atoms with E-state index in [1.807, 2.05) is 16.0 Å². The summed E-state index contributed by atoms with van der Waals surface area (Å²) in [6.45, 7) is 1.37. The number of aromatic nitrogens is 2. The van der Waals surface area contributed by atoms with Gasteiger partial charge >= 0.3 is 5.69 Å². The van der Waals surface area contributed by atoms with Gasteiger partial charge in [0.25, 0.3) is 5.56 Å². The summed E-state index contributed by atoms with van der Waals surface area (Å²) in [6.07, 6.45) is 2.07. The van der Waals surface area contributed by atoms with Crippen molar-refractivity contribution in [3.63, 3.8) is 0 Å². The molecule has 3 heterocycles. The number of nitrogens with one attached hydrogen (secondary N) is 3. The summed E-state index contributed by atoms with van der Waals surface area (Å²) in [6, 6.07) is 1.92. The second-order valence-corrected chi connectivity index (χ2v) is 6.76. The van der Waals surface area contributed by atoms with E-state index >= 15 is 0 Å². The SMILES string of the molecule is COc1c2c(cc3c1C(CN=Cc1c([O-])[nH]c(=O)[nH]c1=O)[NH+](C)CC3)OCO2. The summed E-state index contributed by atoms with van der Waals surface area (Å²) in [5.74, 6) is 1.14. The Balaban J connectivity index is 1.69. The zero-order chi connectivity index (χ0) is 19.8. The maximum Gasteiger partial charge on any atom is 0.325 e. The standard InChI is InChI=1S/C18H20N4O6/c1-22-4-3-9-5-12-14(28-8-27-12)15(26-2)13(9)11(22)7-19-6-10-16(23)20-18(25)21-17(10)24/h5-6,11H,3-4,7-8H2,1-2H3,(H3,20,21,23,24,25). The minimum atomic E-state index is -0.835. The third-order valence-corrected chi connectivity index (χ3v) is 5.13. The van der Waals surface area contributed by atoms with E-state index in [4.69, 9.17) is 14.2 Å². The molecule has 0 bridgehead atoms. The molecule has 2 aromatic rings. The molecule has 148 valence electrons. The first kappa shape index (κ1) is 18.1. The molecule has 0 amide bonds. The molecular formula is C18H20N4O6.